The molecular weight excluding hydrogens is 149 g/mol. The van der Waals surface area contributed by atoms with Crippen LogP contribution in [0.1, 0.15) is 0 Å². The fraction of sp³-hybridized carbons (Fsp3) is 0. The van der Waals surface area contributed by atoms with Gasteiger partial charge >= 0.3 is 50.7 Å². The first-order valence-electron chi connectivity index (χ1n) is 1.97. The van der Waals surface area contributed by atoms with Gasteiger partial charge in [-0.25, -0.2) is 0 Å². The third-order valence-electron chi connectivity index (χ3n) is 0.626. The number of aromatic nitrogens is 1. The third kappa shape index (κ3) is 1.32. The van der Waals surface area contributed by atoms with Gasteiger partial charge in [-0.1, -0.05) is 0 Å². The second-order valence-electron chi connectivity index (χ2n) is 1.18. The average molecular weight is 154 g/mol. The molecule has 1 rings (SSSR count). The van der Waals surface area contributed by atoms with E-state index in [0.29, 0.717) is 0 Å². The van der Waals surface area contributed by atoms with Gasteiger partial charge in [-0.2, -0.15) is 0 Å². The Bertz CT molecular complexity index is 138. The maximum absolute atomic E-state index is 3.98. The van der Waals surface area contributed by atoms with Crippen LogP contribution in [0.2, 0.25) is 0 Å². The quantitative estimate of drug-likeness (QED) is 0.443. The van der Waals surface area contributed by atoms with Crippen LogP contribution in [0.25, 0.3) is 0 Å². The van der Waals surface area contributed by atoms with Crippen LogP contribution in [0.5, 0.6) is 0 Å². The number of hydrogen-bond acceptors (Lipinski definition) is 1. The van der Waals surface area contributed by atoms with Crippen molar-refractivity contribution in [1.82, 2.24) is 4.98 Å². The second kappa shape index (κ2) is 2.13. The average Bonchev–Trinajstić information content (AvgIpc) is 1.69. The van der Waals surface area contributed by atoms with Gasteiger partial charge in [0.05, 0.1) is 0 Å². The fourth-order valence-corrected chi connectivity index (χ4v) is 0.720. The first-order valence-corrected chi connectivity index (χ1v) is 3.18. The fourth-order valence-electron chi connectivity index (χ4n) is 0.337. The predicted molar refractivity (Wildman–Crippen MR) is 31.3 cm³/mol. The number of rotatable bonds is 0. The summed E-state index contributed by atoms with van der Waals surface area (Å²) in [6, 6.07) is 6.58. The van der Waals surface area contributed by atoms with Crippen molar-refractivity contribution in [3.05, 3.63) is 24.4 Å². The molecule has 0 amide bonds. The topological polar surface area (TPSA) is 12.9 Å². The molecule has 0 aliphatic rings. The summed E-state index contributed by atoms with van der Waals surface area (Å²) in [6.07, 6.45) is 1.75. The molecule has 1 radical (unpaired) electrons. The van der Waals surface area contributed by atoms with Crippen molar-refractivity contribution < 1.29 is 0 Å². The van der Waals surface area contributed by atoms with E-state index in [1.807, 2.05) is 6.07 Å². The zero-order valence-corrected chi connectivity index (χ0v) is 6.18. The van der Waals surface area contributed by atoms with Gasteiger partial charge in [0.15, 0.2) is 0 Å². The van der Waals surface area contributed by atoms with Crippen molar-refractivity contribution in [3.8, 4) is 0 Å². The van der Waals surface area contributed by atoms with Crippen molar-refractivity contribution in [1.29, 1.82) is 0 Å². The number of hydrogen-bond donors (Lipinski definition) is 0. The molecule has 0 aromatic carbocycles. The molecule has 1 heterocycles. The van der Waals surface area contributed by atoms with Gasteiger partial charge in [-0.05, 0) is 0 Å². The first-order chi connectivity index (χ1) is 3.39. The molecule has 2 heteroatoms. The molecular formula is C5H5AsN. The van der Waals surface area contributed by atoms with E-state index in [1.165, 1.54) is 16.9 Å². The van der Waals surface area contributed by atoms with E-state index < -0.39 is 0 Å². The normalized spacial score (nSPS) is 8.71. The van der Waals surface area contributed by atoms with E-state index in [2.05, 4.69) is 11.1 Å². The summed E-state index contributed by atoms with van der Waals surface area (Å²) in [5.74, 6) is 0. The van der Waals surface area contributed by atoms with Gasteiger partial charge < -0.3 is 0 Å². The van der Waals surface area contributed by atoms with Crippen molar-refractivity contribution in [2.75, 3.05) is 0 Å². The van der Waals surface area contributed by atoms with Crippen LogP contribution in [-0.4, -0.2) is 21.8 Å². The maximum atomic E-state index is 3.98. The van der Waals surface area contributed by atoms with Crippen LogP contribution in [0.4, 0.5) is 0 Å². The van der Waals surface area contributed by atoms with Crippen LogP contribution < -0.4 is 4.48 Å². The molecule has 0 bridgehead atoms. The summed E-state index contributed by atoms with van der Waals surface area (Å²) < 4.78 is 1.08. The Morgan fingerprint density at radius 3 is 2.86 bits per heavy atom. The molecule has 1 atom stereocenters. The van der Waals surface area contributed by atoms with Crippen LogP contribution in [-0.2, 0) is 0 Å². The molecule has 0 saturated carbocycles. The summed E-state index contributed by atoms with van der Waals surface area (Å²) in [7, 11) is 0. The van der Waals surface area contributed by atoms with Crippen LogP contribution >= 0.6 is 0 Å². The Balaban J connectivity index is 3.02. The Morgan fingerprint density at radius 2 is 2.57 bits per heavy atom. The number of nitrogens with zero attached hydrogens (tertiary/aromatic N) is 1. The molecule has 0 aliphatic heterocycles. The molecule has 1 aromatic rings. The van der Waals surface area contributed by atoms with E-state index in [-0.39, 0.29) is 0 Å². The molecule has 35 valence electrons. The number of pyridine rings is 1. The van der Waals surface area contributed by atoms with Crippen LogP contribution in [0, 0.1) is 6.07 Å². The molecule has 1 aromatic heterocycles. The molecule has 7 heavy (non-hydrogen) atoms. The zero-order chi connectivity index (χ0) is 5.11. The van der Waals surface area contributed by atoms with Gasteiger partial charge in [-0.15, -0.1) is 0 Å². The summed E-state index contributed by atoms with van der Waals surface area (Å²) >= 11 is 1.53. The Labute approximate surface area is 51.3 Å². The van der Waals surface area contributed by atoms with Crippen LogP contribution in [0.15, 0.2) is 18.3 Å². The van der Waals surface area contributed by atoms with Crippen molar-refractivity contribution in [2.45, 2.75) is 0 Å². The zero-order valence-electron chi connectivity index (χ0n) is 3.76. The Kier molecular flexibility index (Phi) is 1.48. The summed E-state index contributed by atoms with van der Waals surface area (Å²) in [5.41, 5.74) is 0. The molecule has 0 saturated heterocycles. The van der Waals surface area contributed by atoms with Crippen molar-refractivity contribution in [3.63, 3.8) is 0 Å². The molecule has 0 aliphatic carbocycles. The molecule has 1 unspecified atom stereocenters. The summed E-state index contributed by atoms with van der Waals surface area (Å²) in [5, 5.41) is 0. The summed E-state index contributed by atoms with van der Waals surface area (Å²) in [4.78, 5) is 3.98. The first kappa shape index (κ1) is 4.86. The Morgan fingerprint density at radius 1 is 1.71 bits per heavy atom. The van der Waals surface area contributed by atoms with Gasteiger partial charge in [0.1, 0.15) is 0 Å². The molecule has 0 N–H and O–H groups in total. The minimum absolute atomic E-state index is 1.08. The van der Waals surface area contributed by atoms with Gasteiger partial charge in [0, 0.05) is 0 Å². The molecule has 0 fully saturated rings. The SMILES string of the molecule is [AsH2]c1c[c]ccn1. The third-order valence-corrected chi connectivity index (χ3v) is 1.29. The van der Waals surface area contributed by atoms with E-state index in [4.69, 9.17) is 0 Å². The monoisotopic (exact) mass is 154 g/mol. The van der Waals surface area contributed by atoms with Gasteiger partial charge in [-0.3, -0.25) is 0 Å². The van der Waals surface area contributed by atoms with E-state index in [1.54, 1.807) is 12.3 Å². The standard InChI is InChI=1S/C5H5AsN/c6-5-3-1-2-4-7-5/h2-4H,6H2. The summed E-state index contributed by atoms with van der Waals surface area (Å²) in [6.45, 7) is 0. The van der Waals surface area contributed by atoms with Gasteiger partial charge in [0.2, 0.25) is 0 Å². The molecule has 1 nitrogen and oxygen atoms in total. The van der Waals surface area contributed by atoms with Crippen molar-refractivity contribution >= 4 is 21.3 Å². The molecule has 0 spiro atoms. The van der Waals surface area contributed by atoms with Gasteiger partial charge in [0.25, 0.3) is 0 Å². The predicted octanol–water partition coefficient (Wildman–Crippen LogP) is -0.860. The minimum atomic E-state index is 1.08. The van der Waals surface area contributed by atoms with E-state index in [9.17, 15) is 0 Å². The second-order valence-corrected chi connectivity index (χ2v) is 2.42. The Hall–Kier alpha value is -0.292. The van der Waals surface area contributed by atoms with Crippen molar-refractivity contribution in [2.24, 2.45) is 0 Å². The van der Waals surface area contributed by atoms with E-state index >= 15 is 0 Å². The van der Waals surface area contributed by atoms with Crippen LogP contribution in [0.3, 0.4) is 0 Å². The van der Waals surface area contributed by atoms with E-state index in [0.717, 1.165) is 4.48 Å².